The van der Waals surface area contributed by atoms with Gasteiger partial charge in [-0.3, -0.25) is 4.79 Å². The summed E-state index contributed by atoms with van der Waals surface area (Å²) in [4.78, 5) is 13.8. The molecule has 1 fully saturated rings. The minimum atomic E-state index is 0.235. The van der Waals surface area contributed by atoms with Crippen LogP contribution in [0.15, 0.2) is 0 Å². The molecule has 0 bridgehead atoms. The molecular formula is C11H22N2O. The van der Waals surface area contributed by atoms with Gasteiger partial charge in [-0.25, -0.2) is 0 Å². The smallest absolute Gasteiger partial charge is 0.236 e. The summed E-state index contributed by atoms with van der Waals surface area (Å²) >= 11 is 0. The largest absolute Gasteiger partial charge is 0.338 e. The molecule has 0 aliphatic carbocycles. The number of likely N-dealkylation sites (N-methyl/N-ethyl adjacent to an activating group) is 1. The predicted molar refractivity (Wildman–Crippen MR) is 58.0 cm³/mol. The number of hydrogen-bond acceptors (Lipinski definition) is 2. The second-order valence-electron chi connectivity index (χ2n) is 4.64. The first kappa shape index (κ1) is 11.5. The number of hydrogen-bond donors (Lipinski definition) is 1. The fraction of sp³-hybridized carbons (Fsp3) is 0.909. The van der Waals surface area contributed by atoms with Gasteiger partial charge in [0.2, 0.25) is 5.91 Å². The lowest BCUT2D eigenvalue weighted by Crippen LogP contribution is -2.51. The quantitative estimate of drug-likeness (QED) is 0.720. The van der Waals surface area contributed by atoms with Crippen LogP contribution in [-0.4, -0.2) is 37.0 Å². The van der Waals surface area contributed by atoms with Crippen molar-refractivity contribution in [1.29, 1.82) is 0 Å². The summed E-state index contributed by atoms with van der Waals surface area (Å²) in [6.45, 7) is 8.00. The first-order valence-electron chi connectivity index (χ1n) is 5.50. The number of nitrogens with zero attached hydrogens (tertiary/aromatic N) is 1. The molecule has 3 nitrogen and oxygen atoms in total. The molecule has 0 aromatic heterocycles. The molecule has 0 saturated carbocycles. The van der Waals surface area contributed by atoms with Gasteiger partial charge in [0.1, 0.15) is 0 Å². The molecule has 14 heavy (non-hydrogen) atoms. The van der Waals surface area contributed by atoms with Crippen LogP contribution >= 0.6 is 0 Å². The molecule has 1 heterocycles. The molecule has 1 amide bonds. The minimum Gasteiger partial charge on any atom is -0.338 e. The van der Waals surface area contributed by atoms with Crippen molar-refractivity contribution in [3.8, 4) is 0 Å². The van der Waals surface area contributed by atoms with Crippen molar-refractivity contribution in [2.45, 2.75) is 33.2 Å². The standard InChI is InChI=1S/C11H22N2O/c1-8-5-9(2)10(3)13(7-8)11(14)6-12-4/h8-10,12H,5-7H2,1-4H3. The fourth-order valence-corrected chi connectivity index (χ4v) is 2.30. The Morgan fingerprint density at radius 2 is 2.07 bits per heavy atom. The van der Waals surface area contributed by atoms with E-state index in [1.807, 2.05) is 11.9 Å². The first-order chi connectivity index (χ1) is 6.56. The van der Waals surface area contributed by atoms with Gasteiger partial charge >= 0.3 is 0 Å². The van der Waals surface area contributed by atoms with Crippen LogP contribution in [0.4, 0.5) is 0 Å². The Hall–Kier alpha value is -0.570. The van der Waals surface area contributed by atoms with Crippen LogP contribution in [-0.2, 0) is 4.79 Å². The monoisotopic (exact) mass is 198 g/mol. The van der Waals surface area contributed by atoms with Gasteiger partial charge in [-0.15, -0.1) is 0 Å². The van der Waals surface area contributed by atoms with E-state index < -0.39 is 0 Å². The van der Waals surface area contributed by atoms with E-state index in [4.69, 9.17) is 0 Å². The second-order valence-corrected chi connectivity index (χ2v) is 4.64. The lowest BCUT2D eigenvalue weighted by molar-refractivity contribution is -0.135. The molecule has 1 aliphatic heterocycles. The van der Waals surface area contributed by atoms with Gasteiger partial charge in [-0.2, -0.15) is 0 Å². The van der Waals surface area contributed by atoms with Crippen molar-refractivity contribution in [2.24, 2.45) is 11.8 Å². The Labute approximate surface area is 86.9 Å². The zero-order chi connectivity index (χ0) is 10.7. The highest BCUT2D eigenvalue weighted by atomic mass is 16.2. The number of rotatable bonds is 2. The lowest BCUT2D eigenvalue weighted by Gasteiger charge is -2.41. The topological polar surface area (TPSA) is 32.3 Å². The number of amides is 1. The van der Waals surface area contributed by atoms with Gasteiger partial charge < -0.3 is 10.2 Å². The maximum atomic E-state index is 11.8. The summed E-state index contributed by atoms with van der Waals surface area (Å²) in [7, 11) is 1.82. The van der Waals surface area contributed by atoms with E-state index in [1.165, 1.54) is 6.42 Å². The van der Waals surface area contributed by atoms with Crippen LogP contribution < -0.4 is 5.32 Å². The van der Waals surface area contributed by atoms with Crippen molar-refractivity contribution in [1.82, 2.24) is 10.2 Å². The summed E-state index contributed by atoms with van der Waals surface area (Å²) in [5, 5.41) is 2.92. The highest BCUT2D eigenvalue weighted by Gasteiger charge is 2.31. The molecule has 3 unspecified atom stereocenters. The molecule has 1 aliphatic rings. The van der Waals surface area contributed by atoms with E-state index >= 15 is 0 Å². The third-order valence-electron chi connectivity index (χ3n) is 3.25. The summed E-state index contributed by atoms with van der Waals surface area (Å²) in [6, 6.07) is 0.395. The summed E-state index contributed by atoms with van der Waals surface area (Å²) in [6.07, 6.45) is 1.24. The van der Waals surface area contributed by atoms with E-state index in [0.717, 1.165) is 6.54 Å². The third kappa shape index (κ3) is 2.47. The van der Waals surface area contributed by atoms with Gasteiger partial charge in [-0.1, -0.05) is 13.8 Å². The van der Waals surface area contributed by atoms with Gasteiger partial charge in [0, 0.05) is 12.6 Å². The summed E-state index contributed by atoms with van der Waals surface area (Å²) in [5.41, 5.74) is 0. The molecule has 1 N–H and O–H groups in total. The van der Waals surface area contributed by atoms with Crippen LogP contribution in [0.25, 0.3) is 0 Å². The number of carbonyl (C=O) groups excluding carboxylic acids is 1. The van der Waals surface area contributed by atoms with Crippen LogP contribution in [0.2, 0.25) is 0 Å². The zero-order valence-corrected chi connectivity index (χ0v) is 9.71. The minimum absolute atomic E-state index is 0.235. The van der Waals surface area contributed by atoms with E-state index in [9.17, 15) is 4.79 Å². The van der Waals surface area contributed by atoms with Crippen molar-refractivity contribution in [2.75, 3.05) is 20.1 Å². The van der Waals surface area contributed by atoms with Crippen molar-refractivity contribution >= 4 is 5.91 Å². The van der Waals surface area contributed by atoms with E-state index in [0.29, 0.717) is 24.4 Å². The Morgan fingerprint density at radius 1 is 1.43 bits per heavy atom. The summed E-state index contributed by atoms with van der Waals surface area (Å²) < 4.78 is 0. The molecular weight excluding hydrogens is 176 g/mol. The third-order valence-corrected chi connectivity index (χ3v) is 3.25. The average molecular weight is 198 g/mol. The maximum absolute atomic E-state index is 11.8. The SMILES string of the molecule is CNCC(=O)N1CC(C)CC(C)C1C. The highest BCUT2D eigenvalue weighted by Crippen LogP contribution is 2.26. The predicted octanol–water partition coefficient (Wildman–Crippen LogP) is 1.10. The number of piperidine rings is 1. The molecule has 1 saturated heterocycles. The van der Waals surface area contributed by atoms with Gasteiger partial charge in [0.25, 0.3) is 0 Å². The van der Waals surface area contributed by atoms with Gasteiger partial charge in [0.05, 0.1) is 6.54 Å². The van der Waals surface area contributed by atoms with Crippen LogP contribution in [0.5, 0.6) is 0 Å². The van der Waals surface area contributed by atoms with E-state index in [-0.39, 0.29) is 5.91 Å². The molecule has 0 aromatic rings. The molecule has 3 atom stereocenters. The first-order valence-corrected chi connectivity index (χ1v) is 5.50. The van der Waals surface area contributed by atoms with Crippen LogP contribution in [0.1, 0.15) is 27.2 Å². The Bertz CT molecular complexity index is 205. The number of nitrogens with one attached hydrogen (secondary N) is 1. The average Bonchev–Trinajstić information content (AvgIpc) is 2.11. The van der Waals surface area contributed by atoms with Crippen molar-refractivity contribution < 1.29 is 4.79 Å². The number of carbonyl (C=O) groups is 1. The molecule has 82 valence electrons. The molecule has 0 spiro atoms. The lowest BCUT2D eigenvalue weighted by atomic mass is 9.86. The normalized spacial score (nSPS) is 33.1. The van der Waals surface area contributed by atoms with Gasteiger partial charge in [0.15, 0.2) is 0 Å². The molecule has 3 heteroatoms. The van der Waals surface area contributed by atoms with E-state index in [2.05, 4.69) is 26.1 Å². The van der Waals surface area contributed by atoms with Crippen LogP contribution in [0.3, 0.4) is 0 Å². The van der Waals surface area contributed by atoms with Gasteiger partial charge in [-0.05, 0) is 32.2 Å². The van der Waals surface area contributed by atoms with Crippen molar-refractivity contribution in [3.05, 3.63) is 0 Å². The Morgan fingerprint density at radius 3 is 2.64 bits per heavy atom. The van der Waals surface area contributed by atoms with E-state index in [1.54, 1.807) is 0 Å². The maximum Gasteiger partial charge on any atom is 0.236 e. The number of likely N-dealkylation sites (tertiary alicyclic amines) is 1. The zero-order valence-electron chi connectivity index (χ0n) is 9.71. The Kier molecular flexibility index (Phi) is 3.93. The highest BCUT2D eigenvalue weighted by molar-refractivity contribution is 5.78. The van der Waals surface area contributed by atoms with Crippen LogP contribution in [0, 0.1) is 11.8 Å². The molecule has 1 rings (SSSR count). The Balaban J connectivity index is 2.61. The second kappa shape index (κ2) is 4.78. The van der Waals surface area contributed by atoms with Crippen molar-refractivity contribution in [3.63, 3.8) is 0 Å². The fourth-order valence-electron chi connectivity index (χ4n) is 2.30. The summed E-state index contributed by atoms with van der Waals surface area (Å²) in [5.74, 6) is 1.50. The molecule has 0 radical (unpaired) electrons. The molecule has 0 aromatic carbocycles.